The quantitative estimate of drug-likeness (QED) is 0.0460. The maximum absolute atomic E-state index is 12.1. The van der Waals surface area contributed by atoms with E-state index in [9.17, 15) is 14.3 Å². The molecule has 1 aromatic rings. The highest BCUT2D eigenvalue weighted by Gasteiger charge is 2.17. The Labute approximate surface area is 248 Å². The Balaban J connectivity index is 1.99. The van der Waals surface area contributed by atoms with Gasteiger partial charge in [-0.05, 0) is 12.5 Å². The Morgan fingerprint density at radius 2 is 1.39 bits per heavy atom. The number of carbonyl (C=O) groups is 1. The van der Waals surface area contributed by atoms with Gasteiger partial charge < -0.3 is 28.2 Å². The molecule has 9 nitrogen and oxygen atoms in total. The summed E-state index contributed by atoms with van der Waals surface area (Å²) < 4.78 is 39.3. The molecule has 0 bridgehead atoms. The van der Waals surface area contributed by atoms with Gasteiger partial charge in [0.15, 0.2) is 18.9 Å². The molecule has 238 valence electrons. The number of phosphoric acid groups is 1. The fourth-order valence-electron chi connectivity index (χ4n) is 4.52. The normalized spacial score (nSPS) is 13.7. The van der Waals surface area contributed by atoms with Crippen LogP contribution >= 0.6 is 7.82 Å². The Morgan fingerprint density at radius 3 is 1.93 bits per heavy atom. The third-order valence-corrected chi connectivity index (χ3v) is 8.04. The van der Waals surface area contributed by atoms with Gasteiger partial charge in [0, 0.05) is 19.8 Å². The van der Waals surface area contributed by atoms with Crippen LogP contribution < -0.4 is 9.46 Å². The van der Waals surface area contributed by atoms with Gasteiger partial charge >= 0.3 is 5.97 Å². The molecule has 1 heterocycles. The number of esters is 1. The van der Waals surface area contributed by atoms with Gasteiger partial charge in [0.25, 0.3) is 7.82 Å². The van der Waals surface area contributed by atoms with Gasteiger partial charge in [0.2, 0.25) is 0 Å². The van der Waals surface area contributed by atoms with E-state index in [2.05, 4.69) is 11.7 Å². The smallest absolute Gasteiger partial charge is 0.343 e. The summed E-state index contributed by atoms with van der Waals surface area (Å²) in [6.07, 6.45) is 23.9. The molecule has 2 atom stereocenters. The molecular formula is C31H56NO8P. The predicted octanol–water partition coefficient (Wildman–Crippen LogP) is 6.56. The molecule has 0 spiro atoms. The van der Waals surface area contributed by atoms with Crippen molar-refractivity contribution in [1.82, 2.24) is 0 Å². The monoisotopic (exact) mass is 601 g/mol. The lowest BCUT2D eigenvalue weighted by Gasteiger charge is -2.24. The van der Waals surface area contributed by atoms with Crippen LogP contribution in [0.2, 0.25) is 0 Å². The van der Waals surface area contributed by atoms with Crippen molar-refractivity contribution in [2.24, 2.45) is 0 Å². The van der Waals surface area contributed by atoms with Gasteiger partial charge in [-0.15, -0.1) is 0 Å². The standard InChI is InChI=1S/C31H56NO8P/c1-4-5-6-7-8-9-10-11-12-13-14-15-16-17-18-19-24-38-27-30(36-2)28-40-41(34,35)39-25-23-32-22-20-21-29(26-32)31(33)37-3/h20-22,26,30H,4-19,23-25,27-28H2,1-3H3. The number of hydrogen-bond donors (Lipinski definition) is 0. The zero-order chi connectivity index (χ0) is 30.0. The van der Waals surface area contributed by atoms with E-state index >= 15 is 0 Å². The average molecular weight is 602 g/mol. The van der Waals surface area contributed by atoms with Crippen LogP contribution in [0.3, 0.4) is 0 Å². The fourth-order valence-corrected chi connectivity index (χ4v) is 5.25. The zero-order valence-electron chi connectivity index (χ0n) is 25.9. The van der Waals surface area contributed by atoms with Crippen molar-refractivity contribution >= 4 is 13.8 Å². The number of carbonyl (C=O) groups excluding carboxylic acids is 1. The number of aromatic nitrogens is 1. The molecular weight excluding hydrogens is 545 g/mol. The molecule has 0 fully saturated rings. The second kappa shape index (κ2) is 25.2. The van der Waals surface area contributed by atoms with Gasteiger partial charge in [0.05, 0.1) is 20.3 Å². The molecule has 0 amide bonds. The number of methoxy groups -OCH3 is 2. The van der Waals surface area contributed by atoms with Crippen molar-refractivity contribution in [3.05, 3.63) is 30.1 Å². The summed E-state index contributed by atoms with van der Waals surface area (Å²) in [4.78, 5) is 23.7. The van der Waals surface area contributed by atoms with Crippen molar-refractivity contribution in [3.8, 4) is 0 Å². The van der Waals surface area contributed by atoms with Crippen molar-refractivity contribution < 1.29 is 42.1 Å². The van der Waals surface area contributed by atoms with Gasteiger partial charge in [-0.25, -0.2) is 9.36 Å². The highest BCUT2D eigenvalue weighted by atomic mass is 31.2. The number of ether oxygens (including phenoxy) is 3. The first kappa shape index (κ1) is 37.7. The first-order valence-electron chi connectivity index (χ1n) is 15.7. The van der Waals surface area contributed by atoms with Gasteiger partial charge in [-0.1, -0.05) is 103 Å². The summed E-state index contributed by atoms with van der Waals surface area (Å²) in [6, 6.07) is 3.28. The Kier molecular flexibility index (Phi) is 23.1. The second-order valence-corrected chi connectivity index (χ2v) is 12.0. The lowest BCUT2D eigenvalue weighted by molar-refractivity contribution is -0.697. The van der Waals surface area contributed by atoms with Gasteiger partial charge in [-0.2, -0.15) is 0 Å². The summed E-state index contributed by atoms with van der Waals surface area (Å²) in [7, 11) is -1.71. The molecule has 0 aromatic carbocycles. The zero-order valence-corrected chi connectivity index (χ0v) is 26.8. The number of phosphoric ester groups is 1. The van der Waals surface area contributed by atoms with E-state index in [4.69, 9.17) is 18.5 Å². The van der Waals surface area contributed by atoms with Crippen molar-refractivity contribution in [3.63, 3.8) is 0 Å². The van der Waals surface area contributed by atoms with Crippen LogP contribution in [-0.2, 0) is 34.4 Å². The molecule has 10 heteroatoms. The topological polar surface area (TPSA) is 107 Å². The SMILES string of the molecule is CCCCCCCCCCCCCCCCCCOCC(COP(=O)([O-])OCC[n+]1cccc(C(=O)OC)c1)OC. The van der Waals surface area contributed by atoms with Crippen molar-refractivity contribution in [2.75, 3.05) is 40.6 Å². The van der Waals surface area contributed by atoms with Crippen LogP contribution in [0.15, 0.2) is 24.5 Å². The summed E-state index contributed by atoms with van der Waals surface area (Å²) in [5.41, 5.74) is 0.360. The number of rotatable bonds is 28. The molecule has 1 aromatic heterocycles. The van der Waals surface area contributed by atoms with E-state index in [1.165, 1.54) is 104 Å². The van der Waals surface area contributed by atoms with Gasteiger partial charge in [0.1, 0.15) is 18.3 Å². The minimum atomic E-state index is -4.50. The highest BCUT2D eigenvalue weighted by Crippen LogP contribution is 2.38. The number of nitrogens with zero attached hydrogens (tertiary/aromatic N) is 1. The first-order chi connectivity index (χ1) is 19.9. The molecule has 0 saturated carbocycles. The van der Waals surface area contributed by atoms with Crippen LogP contribution in [0.1, 0.15) is 120 Å². The van der Waals surface area contributed by atoms with Crippen LogP contribution in [0.4, 0.5) is 0 Å². The fraction of sp³-hybridized carbons (Fsp3) is 0.806. The molecule has 41 heavy (non-hydrogen) atoms. The summed E-state index contributed by atoms with van der Waals surface area (Å²) in [6.45, 7) is 3.04. The molecule has 0 aliphatic heterocycles. The first-order valence-corrected chi connectivity index (χ1v) is 17.2. The van der Waals surface area contributed by atoms with Crippen LogP contribution in [0.25, 0.3) is 0 Å². The number of hydrogen-bond acceptors (Lipinski definition) is 8. The van der Waals surface area contributed by atoms with E-state index in [-0.39, 0.29) is 26.4 Å². The van der Waals surface area contributed by atoms with E-state index in [0.29, 0.717) is 12.2 Å². The highest BCUT2D eigenvalue weighted by molar-refractivity contribution is 7.45. The molecule has 0 aliphatic rings. The third kappa shape index (κ3) is 21.1. The molecule has 0 aliphatic carbocycles. The van der Waals surface area contributed by atoms with E-state index in [1.54, 1.807) is 29.1 Å². The molecule has 0 radical (unpaired) electrons. The summed E-state index contributed by atoms with van der Waals surface area (Å²) in [5.74, 6) is -0.472. The van der Waals surface area contributed by atoms with Crippen LogP contribution in [0.5, 0.6) is 0 Å². The average Bonchev–Trinajstić information content (AvgIpc) is 2.97. The molecule has 1 rings (SSSR count). The van der Waals surface area contributed by atoms with Crippen molar-refractivity contribution in [2.45, 2.75) is 122 Å². The maximum atomic E-state index is 12.1. The van der Waals surface area contributed by atoms with Crippen molar-refractivity contribution in [1.29, 1.82) is 0 Å². The second-order valence-electron chi connectivity index (χ2n) is 10.6. The Hall–Kier alpha value is -1.35. The largest absolute Gasteiger partial charge is 0.756 e. The van der Waals surface area contributed by atoms with E-state index in [0.717, 1.165) is 12.8 Å². The van der Waals surface area contributed by atoms with Crippen LogP contribution in [-0.4, -0.2) is 52.7 Å². The van der Waals surface area contributed by atoms with E-state index < -0.39 is 19.9 Å². The lowest BCUT2D eigenvalue weighted by Crippen LogP contribution is -2.36. The minimum Gasteiger partial charge on any atom is -0.756 e. The summed E-state index contributed by atoms with van der Waals surface area (Å²) >= 11 is 0. The summed E-state index contributed by atoms with van der Waals surface area (Å²) in [5, 5.41) is 0. The Morgan fingerprint density at radius 1 is 0.829 bits per heavy atom. The molecule has 0 N–H and O–H groups in total. The number of unbranched alkanes of at least 4 members (excludes halogenated alkanes) is 15. The number of pyridine rings is 1. The maximum Gasteiger partial charge on any atom is 0.343 e. The van der Waals surface area contributed by atoms with Gasteiger partial charge in [-0.3, -0.25) is 4.57 Å². The Bertz CT molecular complexity index is 825. The predicted molar refractivity (Wildman–Crippen MR) is 159 cm³/mol. The third-order valence-electron chi connectivity index (χ3n) is 7.08. The lowest BCUT2D eigenvalue weighted by atomic mass is 10.0. The molecule has 0 saturated heterocycles. The van der Waals surface area contributed by atoms with E-state index in [1.807, 2.05) is 0 Å². The minimum absolute atomic E-state index is 0.135. The van der Waals surface area contributed by atoms with Crippen LogP contribution in [0, 0.1) is 0 Å². The molecule has 2 unspecified atom stereocenters.